The quantitative estimate of drug-likeness (QED) is 0.714. The first kappa shape index (κ1) is 15.5. The van der Waals surface area contributed by atoms with Crippen LogP contribution in [0.15, 0.2) is 18.2 Å². The Kier molecular flexibility index (Phi) is 6.38. The summed E-state index contributed by atoms with van der Waals surface area (Å²) >= 11 is 0. The van der Waals surface area contributed by atoms with Gasteiger partial charge in [0.2, 0.25) is 0 Å². The summed E-state index contributed by atoms with van der Waals surface area (Å²) < 4.78 is 4.75. The Bertz CT molecular complexity index is 384. The molecule has 1 rings (SSSR count). The standard InChI is InChI=1S/C11H15NO4.ClH/c1-2-16-11(15)6-9(12)8-4-3-7(13)5-10(8)14;/h3-5,9,13-14H,2,6,12H2,1H3;1H/t9-;/m0./s1. The van der Waals surface area contributed by atoms with Crippen LogP contribution >= 0.6 is 12.4 Å². The second-order valence-corrected chi connectivity index (χ2v) is 3.36. The molecule has 0 bridgehead atoms. The summed E-state index contributed by atoms with van der Waals surface area (Å²) in [6, 6.07) is 3.43. The molecule has 0 amide bonds. The summed E-state index contributed by atoms with van der Waals surface area (Å²) in [4.78, 5) is 11.2. The van der Waals surface area contributed by atoms with E-state index in [0.717, 1.165) is 0 Å². The third kappa shape index (κ3) is 4.50. The largest absolute Gasteiger partial charge is 0.508 e. The highest BCUT2D eigenvalue weighted by Crippen LogP contribution is 2.28. The summed E-state index contributed by atoms with van der Waals surface area (Å²) in [7, 11) is 0. The molecule has 0 fully saturated rings. The van der Waals surface area contributed by atoms with Crippen LogP contribution in [0.25, 0.3) is 0 Å². The maximum Gasteiger partial charge on any atom is 0.307 e. The second kappa shape index (κ2) is 6.98. The van der Waals surface area contributed by atoms with Crippen molar-refractivity contribution in [1.82, 2.24) is 0 Å². The summed E-state index contributed by atoms with van der Waals surface area (Å²) in [5, 5.41) is 18.6. The van der Waals surface area contributed by atoms with Gasteiger partial charge < -0.3 is 20.7 Å². The summed E-state index contributed by atoms with van der Waals surface area (Å²) in [5.41, 5.74) is 6.14. The highest BCUT2D eigenvalue weighted by Gasteiger charge is 2.15. The van der Waals surface area contributed by atoms with Crippen LogP contribution in [0.2, 0.25) is 0 Å². The first-order chi connectivity index (χ1) is 7.54. The van der Waals surface area contributed by atoms with Crippen LogP contribution in [-0.2, 0) is 9.53 Å². The minimum atomic E-state index is -0.639. The fourth-order valence-corrected chi connectivity index (χ4v) is 1.36. The molecule has 0 spiro atoms. The van der Waals surface area contributed by atoms with Gasteiger partial charge >= 0.3 is 5.97 Å². The molecule has 0 aliphatic carbocycles. The minimum absolute atomic E-state index is 0. The zero-order chi connectivity index (χ0) is 12.1. The van der Waals surface area contributed by atoms with Gasteiger partial charge in [-0.25, -0.2) is 0 Å². The maximum atomic E-state index is 11.2. The van der Waals surface area contributed by atoms with Crippen molar-refractivity contribution in [2.45, 2.75) is 19.4 Å². The van der Waals surface area contributed by atoms with E-state index in [0.29, 0.717) is 12.2 Å². The molecular formula is C11H16ClNO4. The molecule has 0 unspecified atom stereocenters. The molecule has 0 radical (unpaired) electrons. The fraction of sp³-hybridized carbons (Fsp3) is 0.364. The number of benzene rings is 1. The zero-order valence-corrected chi connectivity index (χ0v) is 10.2. The van der Waals surface area contributed by atoms with Gasteiger partial charge in [-0.15, -0.1) is 12.4 Å². The number of rotatable bonds is 4. The molecule has 17 heavy (non-hydrogen) atoms. The first-order valence-corrected chi connectivity index (χ1v) is 4.97. The van der Waals surface area contributed by atoms with Gasteiger partial charge in [0.05, 0.1) is 13.0 Å². The number of hydrogen-bond acceptors (Lipinski definition) is 5. The molecule has 6 heteroatoms. The highest BCUT2D eigenvalue weighted by molar-refractivity contribution is 5.85. The summed E-state index contributed by atoms with van der Waals surface area (Å²) in [5.74, 6) is -0.594. The Morgan fingerprint density at radius 1 is 1.47 bits per heavy atom. The SMILES string of the molecule is CCOC(=O)C[C@H](N)c1ccc(O)cc1O.Cl. The lowest BCUT2D eigenvalue weighted by atomic mass is 10.0. The smallest absolute Gasteiger partial charge is 0.307 e. The Hall–Kier alpha value is -1.46. The van der Waals surface area contributed by atoms with Gasteiger partial charge in [-0.05, 0) is 13.0 Å². The van der Waals surface area contributed by atoms with Crippen LogP contribution < -0.4 is 5.73 Å². The van der Waals surface area contributed by atoms with Crippen molar-refractivity contribution in [3.05, 3.63) is 23.8 Å². The van der Waals surface area contributed by atoms with E-state index < -0.39 is 12.0 Å². The van der Waals surface area contributed by atoms with E-state index in [-0.39, 0.29) is 30.3 Å². The van der Waals surface area contributed by atoms with Crippen LogP contribution in [0.5, 0.6) is 11.5 Å². The topological polar surface area (TPSA) is 92.8 Å². The molecule has 1 aromatic rings. The van der Waals surface area contributed by atoms with Gasteiger partial charge in [0.1, 0.15) is 11.5 Å². The lowest BCUT2D eigenvalue weighted by molar-refractivity contribution is -0.143. The molecule has 0 heterocycles. The van der Waals surface area contributed by atoms with Crippen molar-refractivity contribution in [3.8, 4) is 11.5 Å². The molecule has 96 valence electrons. The predicted molar refractivity (Wildman–Crippen MR) is 65.2 cm³/mol. The Labute approximate surface area is 106 Å². The monoisotopic (exact) mass is 261 g/mol. The number of ether oxygens (including phenoxy) is 1. The number of phenolic OH excluding ortho intramolecular Hbond substituents is 2. The van der Waals surface area contributed by atoms with Gasteiger partial charge in [0.25, 0.3) is 0 Å². The molecule has 0 aliphatic heterocycles. The minimum Gasteiger partial charge on any atom is -0.508 e. The Balaban J connectivity index is 0.00000256. The van der Waals surface area contributed by atoms with Gasteiger partial charge in [-0.3, -0.25) is 4.79 Å². The van der Waals surface area contributed by atoms with Gasteiger partial charge in [0.15, 0.2) is 0 Å². The third-order valence-corrected chi connectivity index (χ3v) is 2.11. The van der Waals surface area contributed by atoms with E-state index in [1.807, 2.05) is 0 Å². The van der Waals surface area contributed by atoms with Crippen LogP contribution in [0.3, 0.4) is 0 Å². The maximum absolute atomic E-state index is 11.2. The van der Waals surface area contributed by atoms with E-state index in [9.17, 15) is 9.90 Å². The number of carbonyl (C=O) groups excluding carboxylic acids is 1. The van der Waals surface area contributed by atoms with E-state index in [1.54, 1.807) is 6.92 Å². The van der Waals surface area contributed by atoms with Crippen molar-refractivity contribution >= 4 is 18.4 Å². The Morgan fingerprint density at radius 3 is 2.65 bits per heavy atom. The van der Waals surface area contributed by atoms with Crippen molar-refractivity contribution in [1.29, 1.82) is 0 Å². The van der Waals surface area contributed by atoms with E-state index in [2.05, 4.69) is 0 Å². The molecule has 0 aromatic heterocycles. The van der Waals surface area contributed by atoms with Gasteiger partial charge in [-0.1, -0.05) is 6.07 Å². The van der Waals surface area contributed by atoms with Crippen molar-refractivity contribution in [3.63, 3.8) is 0 Å². The molecule has 0 saturated carbocycles. The molecule has 5 nitrogen and oxygen atoms in total. The van der Waals surface area contributed by atoms with Crippen LogP contribution in [0.4, 0.5) is 0 Å². The van der Waals surface area contributed by atoms with Crippen molar-refractivity contribution in [2.75, 3.05) is 6.61 Å². The predicted octanol–water partition coefficient (Wildman–Crippen LogP) is 1.47. The lowest BCUT2D eigenvalue weighted by Crippen LogP contribution is -2.17. The average Bonchev–Trinajstić information content (AvgIpc) is 2.17. The Morgan fingerprint density at radius 2 is 2.12 bits per heavy atom. The third-order valence-electron chi connectivity index (χ3n) is 2.11. The number of phenols is 2. The van der Waals surface area contributed by atoms with Crippen LogP contribution in [0.1, 0.15) is 24.9 Å². The molecular weight excluding hydrogens is 246 g/mol. The molecule has 0 saturated heterocycles. The number of nitrogens with two attached hydrogens (primary N) is 1. The van der Waals surface area contributed by atoms with E-state index in [4.69, 9.17) is 15.6 Å². The van der Waals surface area contributed by atoms with Gasteiger partial charge in [-0.2, -0.15) is 0 Å². The molecule has 0 aliphatic rings. The number of hydrogen-bond donors (Lipinski definition) is 3. The zero-order valence-electron chi connectivity index (χ0n) is 9.42. The molecule has 4 N–H and O–H groups in total. The summed E-state index contributed by atoms with van der Waals surface area (Å²) in [6.07, 6.45) is -0.00776. The van der Waals surface area contributed by atoms with Gasteiger partial charge in [0, 0.05) is 17.7 Å². The first-order valence-electron chi connectivity index (χ1n) is 4.97. The number of carbonyl (C=O) groups is 1. The average molecular weight is 262 g/mol. The lowest BCUT2D eigenvalue weighted by Gasteiger charge is -2.12. The normalized spacial score (nSPS) is 11.4. The van der Waals surface area contributed by atoms with Crippen LogP contribution in [-0.4, -0.2) is 22.8 Å². The molecule has 1 aromatic carbocycles. The van der Waals surface area contributed by atoms with Crippen LogP contribution in [0, 0.1) is 0 Å². The second-order valence-electron chi connectivity index (χ2n) is 3.36. The summed E-state index contributed by atoms with van der Waals surface area (Å²) in [6.45, 7) is 2.01. The highest BCUT2D eigenvalue weighted by atomic mass is 35.5. The van der Waals surface area contributed by atoms with Crippen molar-refractivity contribution < 1.29 is 19.7 Å². The number of aromatic hydroxyl groups is 2. The number of halogens is 1. The van der Waals surface area contributed by atoms with E-state index >= 15 is 0 Å². The number of esters is 1. The molecule has 1 atom stereocenters. The fourth-order valence-electron chi connectivity index (χ4n) is 1.36. The van der Waals surface area contributed by atoms with Crippen molar-refractivity contribution in [2.24, 2.45) is 5.73 Å². The van der Waals surface area contributed by atoms with E-state index in [1.165, 1.54) is 18.2 Å².